The van der Waals surface area contributed by atoms with Crippen LogP contribution in [0.4, 0.5) is 0 Å². The first-order valence-corrected chi connectivity index (χ1v) is 9.94. The maximum absolute atomic E-state index is 12.8. The number of hydrogen-bond acceptors (Lipinski definition) is 5. The molecule has 1 aliphatic rings. The number of rotatable bonds is 7. The zero-order valence-electron chi connectivity index (χ0n) is 15.6. The van der Waals surface area contributed by atoms with E-state index in [2.05, 4.69) is 17.6 Å². The number of aromatic nitrogens is 1. The van der Waals surface area contributed by atoms with Crippen LogP contribution in [-0.2, 0) is 20.7 Å². The lowest BCUT2D eigenvalue weighted by Gasteiger charge is -2.15. The number of nitriles is 1. The maximum atomic E-state index is 12.8. The number of carbonyl (C=O) groups excluding carboxylic acids is 2. The Kier molecular flexibility index (Phi) is 6.22. The van der Waals surface area contributed by atoms with Gasteiger partial charge in [0.1, 0.15) is 17.7 Å². The molecule has 28 heavy (non-hydrogen) atoms. The van der Waals surface area contributed by atoms with Crippen LogP contribution < -0.4 is 0 Å². The fraction of sp³-hybridized carbons (Fsp3) is 0.286. The number of amides is 1. The van der Waals surface area contributed by atoms with Gasteiger partial charge in [-0.1, -0.05) is 42.6 Å². The molecule has 0 radical (unpaired) electrons. The van der Waals surface area contributed by atoms with Gasteiger partial charge >= 0.3 is 5.97 Å². The first-order chi connectivity index (χ1) is 13.6. The molecule has 0 saturated carbocycles. The fourth-order valence-electron chi connectivity index (χ4n) is 3.21. The van der Waals surface area contributed by atoms with Crippen LogP contribution in [0.2, 0.25) is 0 Å². The van der Waals surface area contributed by atoms with E-state index in [4.69, 9.17) is 4.74 Å². The first kappa shape index (κ1) is 19.8. The SMILES string of the molecule is C=CCOC(=O)/C(C#N)=C1\SC(CCc2c[nH]c3ccccc23)C(=O)N1CC.[HH]. The summed E-state index contributed by atoms with van der Waals surface area (Å²) in [4.78, 5) is 29.7. The minimum Gasteiger partial charge on any atom is -0.457 e. The molecule has 1 saturated heterocycles. The average molecular weight is 398 g/mol. The van der Waals surface area contributed by atoms with Crippen molar-refractivity contribution in [1.82, 2.24) is 9.88 Å². The number of para-hydroxylation sites is 1. The molecule has 1 aromatic carbocycles. The van der Waals surface area contributed by atoms with Crippen LogP contribution in [0.3, 0.4) is 0 Å². The lowest BCUT2D eigenvalue weighted by Crippen LogP contribution is -2.29. The molecule has 0 bridgehead atoms. The molecule has 1 N–H and O–H groups in total. The molecule has 6 nitrogen and oxygen atoms in total. The quantitative estimate of drug-likeness (QED) is 0.333. The van der Waals surface area contributed by atoms with E-state index < -0.39 is 5.97 Å². The number of ether oxygens (including phenoxy) is 1. The highest BCUT2D eigenvalue weighted by Crippen LogP contribution is 2.39. The van der Waals surface area contributed by atoms with Gasteiger partial charge < -0.3 is 14.6 Å². The Morgan fingerprint density at radius 3 is 3.00 bits per heavy atom. The van der Waals surface area contributed by atoms with Crippen LogP contribution in [0.25, 0.3) is 10.9 Å². The van der Waals surface area contributed by atoms with E-state index in [0.29, 0.717) is 18.0 Å². The molecule has 7 heteroatoms. The highest BCUT2D eigenvalue weighted by Gasteiger charge is 2.39. The highest BCUT2D eigenvalue weighted by atomic mass is 32.2. The van der Waals surface area contributed by atoms with Crippen molar-refractivity contribution in [1.29, 1.82) is 5.26 Å². The van der Waals surface area contributed by atoms with Crippen molar-refractivity contribution in [3.8, 4) is 6.07 Å². The number of carbonyl (C=O) groups is 2. The molecule has 3 rings (SSSR count). The monoisotopic (exact) mass is 397 g/mol. The Balaban J connectivity index is 0.00000300. The number of H-pyrrole nitrogens is 1. The summed E-state index contributed by atoms with van der Waals surface area (Å²) >= 11 is 1.27. The Bertz CT molecular complexity index is 992. The van der Waals surface area contributed by atoms with Gasteiger partial charge in [-0.2, -0.15) is 5.26 Å². The van der Waals surface area contributed by atoms with Crippen molar-refractivity contribution in [3.63, 3.8) is 0 Å². The Hall–Kier alpha value is -2.98. The molecule has 1 amide bonds. The second-order valence-electron chi connectivity index (χ2n) is 6.27. The summed E-state index contributed by atoms with van der Waals surface area (Å²) < 4.78 is 4.99. The summed E-state index contributed by atoms with van der Waals surface area (Å²) in [7, 11) is 0. The number of fused-ring (bicyclic) bond motifs is 1. The Morgan fingerprint density at radius 2 is 2.29 bits per heavy atom. The number of aromatic amines is 1. The predicted octanol–water partition coefficient (Wildman–Crippen LogP) is 3.77. The van der Waals surface area contributed by atoms with Crippen molar-refractivity contribution in [2.75, 3.05) is 13.2 Å². The summed E-state index contributed by atoms with van der Waals surface area (Å²) in [6.45, 7) is 5.73. The molecular weight excluding hydrogens is 374 g/mol. The van der Waals surface area contributed by atoms with E-state index in [-0.39, 0.29) is 24.8 Å². The third-order valence-electron chi connectivity index (χ3n) is 4.57. The number of benzene rings is 1. The van der Waals surface area contributed by atoms with Gasteiger partial charge in [-0.15, -0.1) is 0 Å². The summed E-state index contributed by atoms with van der Waals surface area (Å²) in [5.41, 5.74) is 2.09. The van der Waals surface area contributed by atoms with Gasteiger partial charge in [-0.05, 0) is 31.4 Å². The molecule has 1 aliphatic heterocycles. The smallest absolute Gasteiger partial charge is 0.351 e. The number of hydrogen-bond donors (Lipinski definition) is 1. The summed E-state index contributed by atoms with van der Waals surface area (Å²) in [6, 6.07) is 9.94. The molecule has 0 aliphatic carbocycles. The standard InChI is InChI=1S/C21H21N3O3S.H2/c1-3-11-27-21(26)16(12-22)20-24(4-2)19(25)18(28-20)10-9-14-13-23-17-8-6-5-7-15(14)17;/h3,5-8,13,18,23H,1,4,9-11H2,2H3;1H/b20-16-;. The van der Waals surface area contributed by atoms with Crippen molar-refractivity contribution in [3.05, 3.63) is 59.3 Å². The van der Waals surface area contributed by atoms with E-state index in [0.717, 1.165) is 22.9 Å². The van der Waals surface area contributed by atoms with E-state index >= 15 is 0 Å². The molecule has 0 spiro atoms. The summed E-state index contributed by atoms with van der Waals surface area (Å²) in [5, 5.41) is 10.6. The van der Waals surface area contributed by atoms with Crippen LogP contribution in [0.15, 0.2) is 53.7 Å². The second kappa shape index (κ2) is 8.81. The maximum Gasteiger partial charge on any atom is 0.351 e. The van der Waals surface area contributed by atoms with E-state index in [1.807, 2.05) is 37.4 Å². The first-order valence-electron chi connectivity index (χ1n) is 9.06. The van der Waals surface area contributed by atoms with E-state index in [1.165, 1.54) is 22.7 Å². The lowest BCUT2D eigenvalue weighted by atomic mass is 10.1. The lowest BCUT2D eigenvalue weighted by molar-refractivity contribution is -0.137. The van der Waals surface area contributed by atoms with Crippen molar-refractivity contribution < 1.29 is 15.8 Å². The number of nitrogens with one attached hydrogen (secondary N) is 1. The van der Waals surface area contributed by atoms with Gasteiger partial charge in [0, 0.05) is 25.1 Å². The van der Waals surface area contributed by atoms with Crippen LogP contribution in [-0.4, -0.2) is 40.2 Å². The molecule has 1 fully saturated rings. The Morgan fingerprint density at radius 1 is 1.50 bits per heavy atom. The Labute approximate surface area is 169 Å². The predicted molar refractivity (Wildman–Crippen MR) is 111 cm³/mol. The largest absolute Gasteiger partial charge is 0.457 e. The molecule has 2 aromatic rings. The van der Waals surface area contributed by atoms with Crippen LogP contribution in [0, 0.1) is 11.3 Å². The van der Waals surface area contributed by atoms with Crippen molar-refractivity contribution >= 4 is 34.5 Å². The van der Waals surface area contributed by atoms with Gasteiger partial charge in [0.2, 0.25) is 5.91 Å². The summed E-state index contributed by atoms with van der Waals surface area (Å²) in [6.07, 6.45) is 4.75. The normalized spacial score (nSPS) is 18.2. The highest BCUT2D eigenvalue weighted by molar-refractivity contribution is 8.04. The third-order valence-corrected chi connectivity index (χ3v) is 5.94. The van der Waals surface area contributed by atoms with Crippen LogP contribution in [0.1, 0.15) is 20.3 Å². The van der Waals surface area contributed by atoms with Crippen LogP contribution in [0.5, 0.6) is 0 Å². The molecule has 1 atom stereocenters. The number of nitrogens with zero attached hydrogens (tertiary/aromatic N) is 2. The zero-order chi connectivity index (χ0) is 20.1. The number of thioether (sulfide) groups is 1. The van der Waals surface area contributed by atoms with Gasteiger partial charge in [0.25, 0.3) is 0 Å². The number of aryl methyl sites for hydroxylation is 1. The van der Waals surface area contributed by atoms with Gasteiger partial charge in [0.05, 0.1) is 5.25 Å². The van der Waals surface area contributed by atoms with E-state index in [9.17, 15) is 14.9 Å². The van der Waals surface area contributed by atoms with Gasteiger partial charge in [0.15, 0.2) is 5.57 Å². The zero-order valence-corrected chi connectivity index (χ0v) is 16.4. The molecule has 1 aromatic heterocycles. The molecular formula is C21H23N3O3S. The fourth-order valence-corrected chi connectivity index (χ4v) is 4.54. The molecule has 2 heterocycles. The summed E-state index contributed by atoms with van der Waals surface area (Å²) in [5.74, 6) is -0.806. The topological polar surface area (TPSA) is 86.2 Å². The average Bonchev–Trinajstić information content (AvgIpc) is 3.26. The van der Waals surface area contributed by atoms with E-state index in [1.54, 1.807) is 0 Å². The molecule has 146 valence electrons. The third kappa shape index (κ3) is 3.82. The minimum absolute atomic E-state index is 0. The van der Waals surface area contributed by atoms with Crippen LogP contribution >= 0.6 is 11.8 Å². The van der Waals surface area contributed by atoms with Crippen molar-refractivity contribution in [2.45, 2.75) is 25.0 Å². The second-order valence-corrected chi connectivity index (χ2v) is 7.46. The van der Waals surface area contributed by atoms with Gasteiger partial charge in [-0.3, -0.25) is 4.79 Å². The number of esters is 1. The minimum atomic E-state index is -0.728. The van der Waals surface area contributed by atoms with Gasteiger partial charge in [-0.25, -0.2) is 4.79 Å². The van der Waals surface area contributed by atoms with Crippen molar-refractivity contribution in [2.24, 2.45) is 0 Å². The molecule has 1 unspecified atom stereocenters.